The molecule has 2 aromatic carbocycles. The molecule has 0 amide bonds. The van der Waals surface area contributed by atoms with E-state index in [0.717, 1.165) is 5.75 Å². The number of nitrogens with zero attached hydrogens (tertiary/aromatic N) is 1. The summed E-state index contributed by atoms with van der Waals surface area (Å²) in [6, 6.07) is 13.2. The van der Waals surface area contributed by atoms with Crippen molar-refractivity contribution in [3.8, 4) is 23.3 Å². The Hall–Kier alpha value is -2.67. The molecule has 0 saturated carbocycles. The lowest BCUT2D eigenvalue weighted by Gasteiger charge is -2.12. The van der Waals surface area contributed by atoms with Gasteiger partial charge in [-0.15, -0.1) is 0 Å². The van der Waals surface area contributed by atoms with Gasteiger partial charge in [0, 0.05) is 6.07 Å². The number of methoxy groups -OCH3 is 1. The maximum Gasteiger partial charge on any atom is 0.162 e. The number of benzene rings is 2. The van der Waals surface area contributed by atoms with Crippen LogP contribution in [0.4, 0.5) is 0 Å². The molecule has 4 heteroatoms. The quantitative estimate of drug-likeness (QED) is 0.764. The van der Waals surface area contributed by atoms with E-state index in [1.165, 1.54) is 11.1 Å². The van der Waals surface area contributed by atoms with Crippen LogP contribution in [-0.4, -0.2) is 20.3 Å². The topological polar surface area (TPSA) is 51.5 Å². The van der Waals surface area contributed by atoms with E-state index in [0.29, 0.717) is 30.3 Å². The summed E-state index contributed by atoms with van der Waals surface area (Å²) in [5.41, 5.74) is 2.88. The average Bonchev–Trinajstić information content (AvgIpc) is 2.50. The second-order valence-electron chi connectivity index (χ2n) is 5.00. The van der Waals surface area contributed by atoms with Crippen molar-refractivity contribution in [1.82, 2.24) is 0 Å². The number of nitriles is 1. The summed E-state index contributed by atoms with van der Waals surface area (Å²) in [6.45, 7) is 4.91. The van der Waals surface area contributed by atoms with Gasteiger partial charge < -0.3 is 14.2 Å². The Balaban J connectivity index is 1.90. The molecule has 2 aromatic rings. The maximum atomic E-state index is 8.87. The van der Waals surface area contributed by atoms with E-state index in [1.807, 2.05) is 26.0 Å². The number of hydrogen-bond donors (Lipinski definition) is 0. The fourth-order valence-corrected chi connectivity index (χ4v) is 2.18. The van der Waals surface area contributed by atoms with Crippen LogP contribution in [0, 0.1) is 25.2 Å². The van der Waals surface area contributed by atoms with Gasteiger partial charge in [-0.2, -0.15) is 5.26 Å². The zero-order chi connectivity index (χ0) is 15.9. The van der Waals surface area contributed by atoms with Gasteiger partial charge in [-0.1, -0.05) is 6.07 Å². The van der Waals surface area contributed by atoms with Crippen molar-refractivity contribution in [3.05, 3.63) is 53.1 Å². The summed E-state index contributed by atoms with van der Waals surface area (Å²) >= 11 is 0. The van der Waals surface area contributed by atoms with Crippen LogP contribution in [0.15, 0.2) is 36.4 Å². The van der Waals surface area contributed by atoms with Gasteiger partial charge in [-0.3, -0.25) is 0 Å². The Kier molecular flexibility index (Phi) is 5.26. The molecule has 0 unspecified atom stereocenters. The normalized spacial score (nSPS) is 9.91. The summed E-state index contributed by atoms with van der Waals surface area (Å²) in [4.78, 5) is 0. The van der Waals surface area contributed by atoms with E-state index in [2.05, 4.69) is 12.1 Å². The summed E-state index contributed by atoms with van der Waals surface area (Å²) in [5.74, 6) is 1.99. The van der Waals surface area contributed by atoms with Crippen LogP contribution in [0.2, 0.25) is 0 Å². The van der Waals surface area contributed by atoms with Crippen LogP contribution in [0.5, 0.6) is 17.2 Å². The van der Waals surface area contributed by atoms with Gasteiger partial charge in [0.15, 0.2) is 11.5 Å². The molecule has 114 valence electrons. The van der Waals surface area contributed by atoms with E-state index in [4.69, 9.17) is 19.5 Å². The summed E-state index contributed by atoms with van der Waals surface area (Å²) in [6.07, 6.45) is 0. The minimum atomic E-state index is 0.398. The van der Waals surface area contributed by atoms with Crippen molar-refractivity contribution in [2.75, 3.05) is 20.3 Å². The van der Waals surface area contributed by atoms with E-state index in [1.54, 1.807) is 25.3 Å². The first kappa shape index (κ1) is 15.7. The predicted octanol–water partition coefficient (Wildman–Crippen LogP) is 3.64. The number of aryl methyl sites for hydroxylation is 2. The first-order valence-corrected chi connectivity index (χ1v) is 7.04. The summed E-state index contributed by atoms with van der Waals surface area (Å²) in [5, 5.41) is 8.87. The molecule has 2 rings (SSSR count). The van der Waals surface area contributed by atoms with Crippen LogP contribution >= 0.6 is 0 Å². The SMILES string of the molecule is COc1cc(C#N)ccc1OCCOc1cc(C)cc(C)c1. The van der Waals surface area contributed by atoms with Crippen LogP contribution in [0.1, 0.15) is 16.7 Å². The molecular weight excluding hydrogens is 278 g/mol. The molecule has 0 aliphatic carbocycles. The van der Waals surface area contributed by atoms with Gasteiger partial charge in [0.1, 0.15) is 19.0 Å². The summed E-state index contributed by atoms with van der Waals surface area (Å²) < 4.78 is 16.6. The third-order valence-corrected chi connectivity index (χ3v) is 3.10. The zero-order valence-electron chi connectivity index (χ0n) is 13.1. The lowest BCUT2D eigenvalue weighted by atomic mass is 10.1. The van der Waals surface area contributed by atoms with Crippen LogP contribution < -0.4 is 14.2 Å². The number of hydrogen-bond acceptors (Lipinski definition) is 4. The standard InChI is InChI=1S/C18H19NO3/c1-13-8-14(2)10-16(9-13)21-6-7-22-17-5-4-15(12-19)11-18(17)20-3/h4-5,8-11H,6-7H2,1-3H3. The molecule has 0 radical (unpaired) electrons. The minimum Gasteiger partial charge on any atom is -0.493 e. The molecular formula is C18H19NO3. The summed E-state index contributed by atoms with van der Waals surface area (Å²) in [7, 11) is 1.55. The number of ether oxygens (including phenoxy) is 3. The molecule has 0 saturated heterocycles. The second kappa shape index (κ2) is 7.37. The molecule has 0 heterocycles. The first-order valence-electron chi connectivity index (χ1n) is 7.04. The van der Waals surface area contributed by atoms with Crippen LogP contribution in [0.25, 0.3) is 0 Å². The first-order chi connectivity index (χ1) is 10.6. The lowest BCUT2D eigenvalue weighted by Crippen LogP contribution is -2.09. The van der Waals surface area contributed by atoms with Gasteiger partial charge >= 0.3 is 0 Å². The highest BCUT2D eigenvalue weighted by molar-refractivity contribution is 5.46. The van der Waals surface area contributed by atoms with E-state index in [-0.39, 0.29) is 0 Å². The number of rotatable bonds is 6. The smallest absolute Gasteiger partial charge is 0.162 e. The van der Waals surface area contributed by atoms with Crippen molar-refractivity contribution in [2.45, 2.75) is 13.8 Å². The Morgan fingerprint density at radius 2 is 1.59 bits per heavy atom. The highest BCUT2D eigenvalue weighted by Crippen LogP contribution is 2.27. The Morgan fingerprint density at radius 1 is 0.909 bits per heavy atom. The van der Waals surface area contributed by atoms with Crippen molar-refractivity contribution in [1.29, 1.82) is 5.26 Å². The van der Waals surface area contributed by atoms with Crippen LogP contribution in [0.3, 0.4) is 0 Å². The van der Waals surface area contributed by atoms with Crippen molar-refractivity contribution >= 4 is 0 Å². The van der Waals surface area contributed by atoms with E-state index in [9.17, 15) is 0 Å². The predicted molar refractivity (Wildman–Crippen MR) is 84.6 cm³/mol. The fraction of sp³-hybridized carbons (Fsp3) is 0.278. The van der Waals surface area contributed by atoms with Crippen LogP contribution in [-0.2, 0) is 0 Å². The lowest BCUT2D eigenvalue weighted by molar-refractivity contribution is 0.211. The molecule has 0 N–H and O–H groups in total. The van der Waals surface area contributed by atoms with Gasteiger partial charge in [-0.05, 0) is 49.2 Å². The Labute approximate surface area is 130 Å². The minimum absolute atomic E-state index is 0.398. The largest absolute Gasteiger partial charge is 0.493 e. The molecule has 0 bridgehead atoms. The molecule has 0 spiro atoms. The molecule has 0 fully saturated rings. The maximum absolute atomic E-state index is 8.87. The Bertz CT molecular complexity index is 669. The van der Waals surface area contributed by atoms with Gasteiger partial charge in [0.25, 0.3) is 0 Å². The Morgan fingerprint density at radius 3 is 2.23 bits per heavy atom. The molecule has 4 nitrogen and oxygen atoms in total. The third kappa shape index (κ3) is 4.16. The van der Waals surface area contributed by atoms with Crippen molar-refractivity contribution in [3.63, 3.8) is 0 Å². The third-order valence-electron chi connectivity index (χ3n) is 3.10. The van der Waals surface area contributed by atoms with Gasteiger partial charge in [0.2, 0.25) is 0 Å². The molecule has 0 aliphatic rings. The van der Waals surface area contributed by atoms with Crippen molar-refractivity contribution in [2.24, 2.45) is 0 Å². The van der Waals surface area contributed by atoms with Gasteiger partial charge in [-0.25, -0.2) is 0 Å². The molecule has 22 heavy (non-hydrogen) atoms. The van der Waals surface area contributed by atoms with E-state index < -0.39 is 0 Å². The fourth-order valence-electron chi connectivity index (χ4n) is 2.18. The van der Waals surface area contributed by atoms with Gasteiger partial charge in [0.05, 0.1) is 18.7 Å². The zero-order valence-corrected chi connectivity index (χ0v) is 13.1. The highest BCUT2D eigenvalue weighted by Gasteiger charge is 2.06. The highest BCUT2D eigenvalue weighted by atomic mass is 16.5. The van der Waals surface area contributed by atoms with E-state index >= 15 is 0 Å². The average molecular weight is 297 g/mol. The molecule has 0 aromatic heterocycles. The molecule has 0 aliphatic heterocycles. The second-order valence-corrected chi connectivity index (χ2v) is 5.00. The molecule has 0 atom stereocenters. The monoisotopic (exact) mass is 297 g/mol. The van der Waals surface area contributed by atoms with Crippen molar-refractivity contribution < 1.29 is 14.2 Å².